The van der Waals surface area contributed by atoms with Crippen molar-refractivity contribution in [1.29, 1.82) is 0 Å². The average Bonchev–Trinajstić information content (AvgIpc) is 3.18. The summed E-state index contributed by atoms with van der Waals surface area (Å²) in [5.74, 6) is -1.13. The highest BCUT2D eigenvalue weighted by molar-refractivity contribution is 6.13. The molecule has 1 fully saturated rings. The second-order valence-corrected chi connectivity index (χ2v) is 5.71. The van der Waals surface area contributed by atoms with Crippen molar-refractivity contribution < 1.29 is 22.8 Å². The van der Waals surface area contributed by atoms with Gasteiger partial charge in [-0.15, -0.1) is 0 Å². The Bertz CT molecular complexity index is 593. The summed E-state index contributed by atoms with van der Waals surface area (Å²) >= 11 is 0. The van der Waals surface area contributed by atoms with E-state index < -0.39 is 29.0 Å². The number of alkyl halides is 3. The number of anilines is 1. The molecule has 120 valence electrons. The Kier molecular flexibility index (Phi) is 4.17. The maximum Gasteiger partial charge on any atom is 0.418 e. The van der Waals surface area contributed by atoms with Crippen LogP contribution in [-0.2, 0) is 15.8 Å². The zero-order valence-electron chi connectivity index (χ0n) is 12.3. The molecule has 0 unspecified atom stereocenters. The standard InChI is InChI=1S/C15H17F3N2O2/c1-9(2)19-12(21)14(7-8-14)13(22)20-11-6-4-3-5-10(11)15(16,17)18/h3-6,9H,7-8H2,1-2H3,(H,19,21)(H,20,22). The number of halogens is 3. The van der Waals surface area contributed by atoms with Crippen LogP contribution in [0.15, 0.2) is 24.3 Å². The highest BCUT2D eigenvalue weighted by Crippen LogP contribution is 2.47. The summed E-state index contributed by atoms with van der Waals surface area (Å²) in [6.07, 6.45) is -3.89. The Morgan fingerprint density at radius 1 is 1.14 bits per heavy atom. The lowest BCUT2D eigenvalue weighted by Gasteiger charge is -2.19. The van der Waals surface area contributed by atoms with Crippen molar-refractivity contribution in [3.8, 4) is 0 Å². The molecule has 2 amide bonds. The lowest BCUT2D eigenvalue weighted by atomic mass is 10.0. The van der Waals surface area contributed by atoms with Crippen molar-refractivity contribution in [3.63, 3.8) is 0 Å². The number of carbonyl (C=O) groups excluding carboxylic acids is 2. The van der Waals surface area contributed by atoms with E-state index in [1.165, 1.54) is 18.2 Å². The van der Waals surface area contributed by atoms with Gasteiger partial charge in [-0.3, -0.25) is 9.59 Å². The smallest absolute Gasteiger partial charge is 0.353 e. The van der Waals surface area contributed by atoms with E-state index in [4.69, 9.17) is 0 Å². The van der Waals surface area contributed by atoms with Crippen LogP contribution in [-0.4, -0.2) is 17.9 Å². The molecule has 0 aromatic heterocycles. The predicted octanol–water partition coefficient (Wildman–Crippen LogP) is 2.95. The molecule has 1 saturated carbocycles. The van der Waals surface area contributed by atoms with Gasteiger partial charge in [0.2, 0.25) is 11.8 Å². The molecule has 0 aliphatic heterocycles. The third-order valence-corrected chi connectivity index (χ3v) is 3.52. The van der Waals surface area contributed by atoms with Gasteiger partial charge in [0.25, 0.3) is 0 Å². The number of benzene rings is 1. The number of para-hydroxylation sites is 1. The number of hydrogen-bond donors (Lipinski definition) is 2. The molecule has 2 N–H and O–H groups in total. The molecule has 0 bridgehead atoms. The van der Waals surface area contributed by atoms with Crippen molar-refractivity contribution >= 4 is 17.5 Å². The van der Waals surface area contributed by atoms with Crippen LogP contribution in [0.2, 0.25) is 0 Å². The van der Waals surface area contributed by atoms with Crippen LogP contribution in [0.5, 0.6) is 0 Å². The number of carbonyl (C=O) groups is 2. The first kappa shape index (κ1) is 16.3. The van der Waals surface area contributed by atoms with Crippen molar-refractivity contribution in [2.24, 2.45) is 5.41 Å². The summed E-state index contributed by atoms with van der Waals surface area (Å²) in [7, 11) is 0. The maximum absolute atomic E-state index is 12.9. The molecule has 1 aliphatic rings. The summed E-state index contributed by atoms with van der Waals surface area (Å²) in [5.41, 5.74) is -2.50. The van der Waals surface area contributed by atoms with Crippen LogP contribution in [0.1, 0.15) is 32.3 Å². The van der Waals surface area contributed by atoms with Gasteiger partial charge in [-0.05, 0) is 38.8 Å². The van der Waals surface area contributed by atoms with E-state index in [1.54, 1.807) is 13.8 Å². The van der Waals surface area contributed by atoms with Gasteiger partial charge in [-0.1, -0.05) is 12.1 Å². The van der Waals surface area contributed by atoms with Crippen LogP contribution in [0.3, 0.4) is 0 Å². The van der Waals surface area contributed by atoms with Gasteiger partial charge in [0.15, 0.2) is 0 Å². The van der Waals surface area contributed by atoms with E-state index in [2.05, 4.69) is 10.6 Å². The van der Waals surface area contributed by atoms with Gasteiger partial charge < -0.3 is 10.6 Å². The largest absolute Gasteiger partial charge is 0.418 e. The Morgan fingerprint density at radius 2 is 1.73 bits per heavy atom. The van der Waals surface area contributed by atoms with Crippen molar-refractivity contribution in [1.82, 2.24) is 5.32 Å². The normalized spacial score (nSPS) is 16.3. The molecule has 0 saturated heterocycles. The number of nitrogens with one attached hydrogen (secondary N) is 2. The minimum absolute atomic E-state index is 0.139. The van der Waals surface area contributed by atoms with Crippen molar-refractivity contribution in [3.05, 3.63) is 29.8 Å². The summed E-state index contributed by atoms with van der Waals surface area (Å²) < 4.78 is 38.7. The van der Waals surface area contributed by atoms with Crippen molar-refractivity contribution in [2.75, 3.05) is 5.32 Å². The van der Waals surface area contributed by atoms with Crippen LogP contribution in [0.25, 0.3) is 0 Å². The third-order valence-electron chi connectivity index (χ3n) is 3.52. The van der Waals surface area contributed by atoms with Crippen LogP contribution < -0.4 is 10.6 Å². The fourth-order valence-corrected chi connectivity index (χ4v) is 2.16. The number of hydrogen-bond acceptors (Lipinski definition) is 2. The molecule has 0 atom stereocenters. The SMILES string of the molecule is CC(C)NC(=O)C1(C(=O)Nc2ccccc2C(F)(F)F)CC1. The van der Waals surface area contributed by atoms with Crippen molar-refractivity contribution in [2.45, 2.75) is 38.9 Å². The zero-order chi connectivity index (χ0) is 16.5. The Hall–Kier alpha value is -2.05. The number of rotatable bonds is 4. The molecule has 1 aliphatic carbocycles. The molecule has 1 aromatic rings. The molecular weight excluding hydrogens is 297 g/mol. The first-order valence-corrected chi connectivity index (χ1v) is 6.95. The highest BCUT2D eigenvalue weighted by Gasteiger charge is 2.56. The zero-order valence-corrected chi connectivity index (χ0v) is 12.3. The summed E-state index contributed by atoms with van der Waals surface area (Å²) in [4.78, 5) is 24.3. The molecular formula is C15H17F3N2O2. The maximum atomic E-state index is 12.9. The molecule has 7 heteroatoms. The molecule has 0 spiro atoms. The second kappa shape index (κ2) is 5.62. The highest BCUT2D eigenvalue weighted by atomic mass is 19.4. The Morgan fingerprint density at radius 3 is 2.23 bits per heavy atom. The van der Waals surface area contributed by atoms with Crippen LogP contribution in [0.4, 0.5) is 18.9 Å². The van der Waals surface area contributed by atoms with E-state index in [0.29, 0.717) is 12.8 Å². The lowest BCUT2D eigenvalue weighted by Crippen LogP contribution is -2.42. The van der Waals surface area contributed by atoms with Gasteiger partial charge in [0, 0.05) is 6.04 Å². The molecule has 4 nitrogen and oxygen atoms in total. The fraction of sp³-hybridized carbons (Fsp3) is 0.467. The predicted molar refractivity (Wildman–Crippen MR) is 75.0 cm³/mol. The fourth-order valence-electron chi connectivity index (χ4n) is 2.16. The lowest BCUT2D eigenvalue weighted by molar-refractivity contribution is -0.137. The minimum atomic E-state index is -4.57. The monoisotopic (exact) mass is 314 g/mol. The minimum Gasteiger partial charge on any atom is -0.353 e. The summed E-state index contributed by atoms with van der Waals surface area (Å²) in [5, 5.41) is 4.89. The first-order chi connectivity index (χ1) is 10.2. The second-order valence-electron chi connectivity index (χ2n) is 5.71. The van der Waals surface area contributed by atoms with E-state index in [9.17, 15) is 22.8 Å². The Labute approximate surface area is 126 Å². The summed E-state index contributed by atoms with van der Waals surface area (Å²) in [6, 6.07) is 4.58. The van der Waals surface area contributed by atoms with Crippen LogP contribution >= 0.6 is 0 Å². The molecule has 0 radical (unpaired) electrons. The molecule has 22 heavy (non-hydrogen) atoms. The quantitative estimate of drug-likeness (QED) is 0.840. The first-order valence-electron chi connectivity index (χ1n) is 6.95. The number of amides is 2. The molecule has 0 heterocycles. The molecule has 2 rings (SSSR count). The van der Waals surface area contributed by atoms with Gasteiger partial charge in [0.05, 0.1) is 11.3 Å². The van der Waals surface area contributed by atoms with E-state index in [0.717, 1.165) is 6.07 Å². The Balaban J connectivity index is 2.19. The van der Waals surface area contributed by atoms with E-state index in [1.807, 2.05) is 0 Å². The summed E-state index contributed by atoms with van der Waals surface area (Å²) in [6.45, 7) is 3.51. The van der Waals surface area contributed by atoms with E-state index in [-0.39, 0.29) is 11.7 Å². The van der Waals surface area contributed by atoms with Gasteiger partial charge >= 0.3 is 6.18 Å². The van der Waals surface area contributed by atoms with Gasteiger partial charge in [-0.25, -0.2) is 0 Å². The topological polar surface area (TPSA) is 58.2 Å². The third kappa shape index (κ3) is 3.23. The average molecular weight is 314 g/mol. The van der Waals surface area contributed by atoms with E-state index >= 15 is 0 Å². The van der Waals surface area contributed by atoms with Gasteiger partial charge in [-0.2, -0.15) is 13.2 Å². The molecule has 1 aromatic carbocycles. The van der Waals surface area contributed by atoms with Gasteiger partial charge in [0.1, 0.15) is 5.41 Å². The van der Waals surface area contributed by atoms with Crippen LogP contribution in [0, 0.1) is 5.41 Å².